The third-order valence-corrected chi connectivity index (χ3v) is 7.39. The van der Waals surface area contributed by atoms with Crippen LogP contribution in [0.2, 0.25) is 0 Å². The van der Waals surface area contributed by atoms with Gasteiger partial charge in [0, 0.05) is 12.8 Å². The minimum absolute atomic E-state index is 0.00779. The second-order valence-electron chi connectivity index (χ2n) is 10.8. The lowest BCUT2D eigenvalue weighted by Gasteiger charge is -2.39. The maximum Gasteiger partial charge on any atom is 0.308 e. The lowest BCUT2D eigenvalue weighted by Crippen LogP contribution is -2.59. The molecule has 10 atom stereocenters. The monoisotopic (exact) mass is 550 g/mol. The van der Waals surface area contributed by atoms with Crippen LogP contribution in [0, 0.1) is 0 Å². The first-order valence-corrected chi connectivity index (χ1v) is 14.3. The first-order valence-electron chi connectivity index (χ1n) is 14.3. The number of ether oxygens (including phenoxy) is 4. The zero-order valence-electron chi connectivity index (χ0n) is 22.9. The highest BCUT2D eigenvalue weighted by atomic mass is 16.7. The van der Waals surface area contributed by atoms with Crippen molar-refractivity contribution in [1.29, 1.82) is 0 Å². The number of unbranched alkanes of at least 4 members (excludes halogenated alkanes) is 9. The fourth-order valence-corrected chi connectivity index (χ4v) is 4.83. The van der Waals surface area contributed by atoms with E-state index in [4.69, 9.17) is 18.9 Å². The zero-order chi connectivity index (χ0) is 28.1. The highest BCUT2D eigenvalue weighted by Gasteiger charge is 2.45. The van der Waals surface area contributed by atoms with Crippen molar-refractivity contribution in [2.45, 2.75) is 159 Å². The Kier molecular flexibility index (Phi) is 15.5. The third kappa shape index (κ3) is 11.3. The molecule has 0 aliphatic carbocycles. The molecular formula is C27H50O11. The SMILES string of the molecule is CC(CCCCCCCCCCCCC(=O)OC1OC(CO)C(O)C(O)C1O)OC1OC(C)C(O)CC1O. The molecule has 11 nitrogen and oxygen atoms in total. The second-order valence-corrected chi connectivity index (χ2v) is 10.8. The Bertz CT molecular complexity index is 649. The standard InChI is InChI=1S/C27H50O11/c1-17(35-26-20(30)15-19(29)18(2)36-26)13-11-9-7-5-3-4-6-8-10-12-14-22(31)38-27-25(34)24(33)23(32)21(16-28)37-27/h17-21,23-30,32-34H,3-16H2,1-2H3. The molecule has 0 aromatic heterocycles. The van der Waals surface area contributed by atoms with Gasteiger partial charge in [-0.3, -0.25) is 4.79 Å². The van der Waals surface area contributed by atoms with Crippen LogP contribution in [0.4, 0.5) is 0 Å². The third-order valence-electron chi connectivity index (χ3n) is 7.39. The van der Waals surface area contributed by atoms with Gasteiger partial charge >= 0.3 is 5.97 Å². The van der Waals surface area contributed by atoms with Crippen molar-refractivity contribution < 1.29 is 54.4 Å². The first-order chi connectivity index (χ1) is 18.1. The van der Waals surface area contributed by atoms with Crippen molar-refractivity contribution in [1.82, 2.24) is 0 Å². The number of carbonyl (C=O) groups is 1. The van der Waals surface area contributed by atoms with Gasteiger partial charge in [0.2, 0.25) is 6.29 Å². The average Bonchev–Trinajstić information content (AvgIpc) is 2.88. The Morgan fingerprint density at radius 3 is 1.97 bits per heavy atom. The normalized spacial score (nSPS) is 34.7. The van der Waals surface area contributed by atoms with Crippen LogP contribution in [0.1, 0.15) is 97.3 Å². The van der Waals surface area contributed by atoms with E-state index in [2.05, 4.69) is 0 Å². The molecule has 2 heterocycles. The summed E-state index contributed by atoms with van der Waals surface area (Å²) in [5.41, 5.74) is 0. The van der Waals surface area contributed by atoms with Crippen LogP contribution >= 0.6 is 0 Å². The molecule has 11 heteroatoms. The smallest absolute Gasteiger partial charge is 0.308 e. The summed E-state index contributed by atoms with van der Waals surface area (Å²) < 4.78 is 21.7. The van der Waals surface area contributed by atoms with Crippen molar-refractivity contribution in [2.24, 2.45) is 0 Å². The molecule has 0 aromatic rings. The van der Waals surface area contributed by atoms with Crippen LogP contribution in [0.3, 0.4) is 0 Å². The van der Waals surface area contributed by atoms with Crippen LogP contribution in [0.5, 0.6) is 0 Å². The number of esters is 1. The van der Waals surface area contributed by atoms with Gasteiger partial charge in [-0.2, -0.15) is 0 Å². The molecule has 2 aliphatic heterocycles. The molecule has 6 N–H and O–H groups in total. The van der Waals surface area contributed by atoms with E-state index < -0.39 is 61.8 Å². The minimum Gasteiger partial charge on any atom is -0.433 e. The molecule has 224 valence electrons. The summed E-state index contributed by atoms with van der Waals surface area (Å²) in [5.74, 6) is -0.551. The Labute approximate surface area is 226 Å². The minimum atomic E-state index is -1.57. The molecule has 0 saturated carbocycles. The topological polar surface area (TPSA) is 175 Å². The summed E-state index contributed by atoms with van der Waals surface area (Å²) in [5, 5.41) is 58.4. The van der Waals surface area contributed by atoms with Crippen LogP contribution in [-0.4, -0.2) is 105 Å². The predicted octanol–water partition coefficient (Wildman–Crippen LogP) is 1.27. The molecule has 2 saturated heterocycles. The van der Waals surface area contributed by atoms with E-state index in [-0.39, 0.29) is 25.0 Å². The van der Waals surface area contributed by atoms with Crippen molar-refractivity contribution in [3.63, 3.8) is 0 Å². The quantitative estimate of drug-likeness (QED) is 0.114. The maximum atomic E-state index is 12.0. The average molecular weight is 551 g/mol. The van der Waals surface area contributed by atoms with Gasteiger partial charge < -0.3 is 49.6 Å². The second kappa shape index (κ2) is 17.7. The number of hydrogen-bond donors (Lipinski definition) is 6. The van der Waals surface area contributed by atoms with Gasteiger partial charge in [-0.25, -0.2) is 0 Å². The molecule has 0 amide bonds. The van der Waals surface area contributed by atoms with Crippen LogP contribution in [-0.2, 0) is 23.7 Å². The van der Waals surface area contributed by atoms with Gasteiger partial charge in [0.05, 0.1) is 24.9 Å². The fourth-order valence-electron chi connectivity index (χ4n) is 4.83. The summed E-state index contributed by atoms with van der Waals surface area (Å²) in [6.07, 6.45) is 2.29. The Balaban J connectivity index is 1.40. The van der Waals surface area contributed by atoms with E-state index in [9.17, 15) is 35.4 Å². The van der Waals surface area contributed by atoms with Crippen LogP contribution in [0.25, 0.3) is 0 Å². The molecule has 0 radical (unpaired) electrons. The van der Waals surface area contributed by atoms with Gasteiger partial charge in [0.15, 0.2) is 6.29 Å². The molecule has 2 fully saturated rings. The van der Waals surface area contributed by atoms with E-state index in [1.807, 2.05) is 6.92 Å². The number of carbonyl (C=O) groups excluding carboxylic acids is 1. The zero-order valence-corrected chi connectivity index (χ0v) is 22.9. The fraction of sp³-hybridized carbons (Fsp3) is 0.963. The summed E-state index contributed by atoms with van der Waals surface area (Å²) in [6, 6.07) is 0. The first kappa shape index (κ1) is 33.3. The van der Waals surface area contributed by atoms with Crippen molar-refractivity contribution >= 4 is 5.97 Å². The van der Waals surface area contributed by atoms with Gasteiger partial charge in [-0.05, 0) is 26.7 Å². The van der Waals surface area contributed by atoms with E-state index >= 15 is 0 Å². The van der Waals surface area contributed by atoms with Crippen molar-refractivity contribution in [3.8, 4) is 0 Å². The van der Waals surface area contributed by atoms with Crippen molar-refractivity contribution in [3.05, 3.63) is 0 Å². The van der Waals surface area contributed by atoms with Gasteiger partial charge in [-0.15, -0.1) is 0 Å². The van der Waals surface area contributed by atoms with E-state index in [1.165, 1.54) is 19.3 Å². The summed E-state index contributed by atoms with van der Waals surface area (Å²) in [7, 11) is 0. The molecule has 2 rings (SSSR count). The van der Waals surface area contributed by atoms with E-state index in [0.717, 1.165) is 44.9 Å². The number of rotatable bonds is 17. The highest BCUT2D eigenvalue weighted by Crippen LogP contribution is 2.24. The lowest BCUT2D eigenvalue weighted by atomic mass is 9.99. The highest BCUT2D eigenvalue weighted by molar-refractivity contribution is 5.69. The molecule has 2 aliphatic rings. The van der Waals surface area contributed by atoms with Gasteiger partial charge in [-0.1, -0.05) is 57.8 Å². The van der Waals surface area contributed by atoms with Crippen LogP contribution in [0.15, 0.2) is 0 Å². The molecule has 0 spiro atoms. The summed E-state index contributed by atoms with van der Waals surface area (Å²) >= 11 is 0. The largest absolute Gasteiger partial charge is 0.433 e. The predicted molar refractivity (Wildman–Crippen MR) is 137 cm³/mol. The maximum absolute atomic E-state index is 12.0. The van der Waals surface area contributed by atoms with Gasteiger partial charge in [0.25, 0.3) is 0 Å². The summed E-state index contributed by atoms with van der Waals surface area (Å²) in [6.45, 7) is 3.20. The van der Waals surface area contributed by atoms with Crippen molar-refractivity contribution in [2.75, 3.05) is 6.61 Å². The Hall–Kier alpha value is -0.890. The molecular weight excluding hydrogens is 500 g/mol. The van der Waals surface area contributed by atoms with Crippen LogP contribution < -0.4 is 0 Å². The van der Waals surface area contributed by atoms with E-state index in [0.29, 0.717) is 6.42 Å². The molecule has 0 aromatic carbocycles. The Morgan fingerprint density at radius 2 is 1.37 bits per heavy atom. The molecule has 10 unspecified atom stereocenters. The Morgan fingerprint density at radius 1 is 0.789 bits per heavy atom. The van der Waals surface area contributed by atoms with Gasteiger partial charge in [0.1, 0.15) is 30.5 Å². The molecule has 0 bridgehead atoms. The molecule has 38 heavy (non-hydrogen) atoms. The van der Waals surface area contributed by atoms with E-state index in [1.54, 1.807) is 6.92 Å². The number of hydrogen-bond acceptors (Lipinski definition) is 11. The lowest BCUT2D eigenvalue weighted by molar-refractivity contribution is -0.292. The number of aliphatic hydroxyl groups is 6. The summed E-state index contributed by atoms with van der Waals surface area (Å²) in [4.78, 5) is 12.0. The number of aliphatic hydroxyl groups excluding tert-OH is 6.